The van der Waals surface area contributed by atoms with Gasteiger partial charge in [-0.25, -0.2) is 0 Å². The fourth-order valence-corrected chi connectivity index (χ4v) is 5.01. The first-order chi connectivity index (χ1) is 9.24. The molecule has 0 aliphatic heterocycles. The molecule has 0 unspecified atom stereocenters. The predicted molar refractivity (Wildman–Crippen MR) is 93.2 cm³/mol. The van der Waals surface area contributed by atoms with E-state index >= 15 is 0 Å². The van der Waals surface area contributed by atoms with Gasteiger partial charge in [0, 0.05) is 0 Å². The van der Waals surface area contributed by atoms with Crippen LogP contribution >= 0.6 is 6.83 Å². The van der Waals surface area contributed by atoms with Crippen molar-refractivity contribution in [3.8, 4) is 0 Å². The number of carbonyl (C=O) groups is 1. The average molecular weight is 304 g/mol. The molecular weight excluding hydrogens is 267 g/mol. The Morgan fingerprint density at radius 3 is 1.60 bits per heavy atom. The Balaban J connectivity index is 3.50. The van der Waals surface area contributed by atoms with Crippen molar-refractivity contribution in [2.45, 2.75) is 78.1 Å². The topological polar surface area (TPSA) is 26.3 Å². The third-order valence-corrected chi connectivity index (χ3v) is 6.52. The molecule has 0 aliphatic carbocycles. The van der Waals surface area contributed by atoms with E-state index in [1.54, 1.807) is 0 Å². The second kappa shape index (κ2) is 9.77. The van der Waals surface area contributed by atoms with Gasteiger partial charge in [-0.1, -0.05) is 0 Å². The van der Waals surface area contributed by atoms with Crippen LogP contribution in [-0.4, -0.2) is 32.1 Å². The molecule has 0 saturated heterocycles. The van der Waals surface area contributed by atoms with E-state index in [1.165, 1.54) is 71.1 Å². The monoisotopic (exact) mass is 304 g/mol. The van der Waals surface area contributed by atoms with Crippen LogP contribution in [0.25, 0.3) is 0 Å². The van der Waals surface area contributed by atoms with Gasteiger partial charge in [0.25, 0.3) is 0 Å². The van der Waals surface area contributed by atoms with Gasteiger partial charge in [0.15, 0.2) is 0 Å². The van der Waals surface area contributed by atoms with Crippen LogP contribution in [0.15, 0.2) is 0 Å². The van der Waals surface area contributed by atoms with Gasteiger partial charge >= 0.3 is 126 Å². The van der Waals surface area contributed by atoms with Crippen LogP contribution in [0.5, 0.6) is 0 Å². The first kappa shape index (κ1) is 19.9. The minimum absolute atomic E-state index is 0.123. The van der Waals surface area contributed by atoms with Gasteiger partial charge in [-0.05, 0) is 0 Å². The summed E-state index contributed by atoms with van der Waals surface area (Å²) < 4.78 is 5.60. The third-order valence-electron chi connectivity index (χ3n) is 3.74. The van der Waals surface area contributed by atoms with Gasteiger partial charge in [0.2, 0.25) is 0 Å². The molecule has 0 bridgehead atoms. The summed E-state index contributed by atoms with van der Waals surface area (Å²) in [5, 5.41) is 0. The fourth-order valence-electron chi connectivity index (χ4n) is 2.66. The molecule has 0 radical (unpaired) electrons. The summed E-state index contributed by atoms with van der Waals surface area (Å²) in [6.45, 7) is 8.08. The van der Waals surface area contributed by atoms with Crippen LogP contribution in [0.1, 0.15) is 78.1 Å². The summed E-state index contributed by atoms with van der Waals surface area (Å²) in [5.74, 6) is -0.123. The van der Waals surface area contributed by atoms with Crippen molar-refractivity contribution in [3.63, 3.8) is 0 Å². The van der Waals surface area contributed by atoms with E-state index in [1.807, 2.05) is 0 Å². The van der Waals surface area contributed by atoms with Gasteiger partial charge in [-0.15, -0.1) is 0 Å². The Morgan fingerprint density at radius 2 is 1.20 bits per heavy atom. The van der Waals surface area contributed by atoms with Crippen LogP contribution in [0.4, 0.5) is 0 Å². The van der Waals surface area contributed by atoms with E-state index in [0.29, 0.717) is 0 Å². The summed E-state index contributed by atoms with van der Waals surface area (Å²) in [6, 6.07) is 0. The molecule has 0 fully saturated rings. The Labute approximate surface area is 127 Å². The molecular formula is C17H37O2P. The standard InChI is InChI=1S/C17H37O2P/c1-6-7-8-9-10-11-12-13-14-15-16-20(3,4,5)19-17(2)18/h6-16H2,1-5H3. The van der Waals surface area contributed by atoms with Crippen LogP contribution in [-0.2, 0) is 9.32 Å². The second-order valence-electron chi connectivity index (χ2n) is 7.46. The molecule has 0 rings (SSSR count). The Hall–Kier alpha value is -0.100. The van der Waals surface area contributed by atoms with Gasteiger partial charge in [-0.3, -0.25) is 0 Å². The van der Waals surface area contributed by atoms with Crippen LogP contribution in [0.3, 0.4) is 0 Å². The summed E-state index contributed by atoms with van der Waals surface area (Å²) in [7, 11) is 0. The second-order valence-corrected chi connectivity index (χ2v) is 14.0. The van der Waals surface area contributed by atoms with E-state index in [4.69, 9.17) is 4.52 Å². The van der Waals surface area contributed by atoms with Crippen molar-refractivity contribution < 1.29 is 9.32 Å². The van der Waals surface area contributed by atoms with E-state index < -0.39 is 6.83 Å². The molecule has 0 atom stereocenters. The quantitative estimate of drug-likeness (QED) is 0.335. The van der Waals surface area contributed by atoms with Crippen molar-refractivity contribution in [2.24, 2.45) is 0 Å². The molecule has 0 aromatic rings. The van der Waals surface area contributed by atoms with Crippen molar-refractivity contribution in [1.29, 1.82) is 0 Å². The predicted octanol–water partition coefficient (Wildman–Crippen LogP) is 5.83. The maximum absolute atomic E-state index is 11.2. The van der Waals surface area contributed by atoms with Gasteiger partial charge in [0.1, 0.15) is 0 Å². The third kappa shape index (κ3) is 12.9. The SMILES string of the molecule is CCCCCCCCCCCCP(C)(C)(C)OC(C)=O. The number of carbonyl (C=O) groups excluding carboxylic acids is 1. The number of unbranched alkanes of at least 4 members (excludes halogenated alkanes) is 9. The summed E-state index contributed by atoms with van der Waals surface area (Å²) >= 11 is 0. The van der Waals surface area contributed by atoms with Crippen molar-refractivity contribution in [1.82, 2.24) is 0 Å². The Morgan fingerprint density at radius 1 is 0.800 bits per heavy atom. The average Bonchev–Trinajstić information content (AvgIpc) is 2.29. The number of rotatable bonds is 12. The van der Waals surface area contributed by atoms with Gasteiger partial charge < -0.3 is 0 Å². The zero-order valence-corrected chi connectivity index (χ0v) is 15.4. The molecule has 0 heterocycles. The summed E-state index contributed by atoms with van der Waals surface area (Å²) in [4.78, 5) is 11.2. The zero-order chi connectivity index (χ0) is 15.5. The molecule has 0 spiro atoms. The first-order valence-electron chi connectivity index (χ1n) is 8.46. The fraction of sp³-hybridized carbons (Fsp3) is 0.941. The normalized spacial score (nSPS) is 13.8. The van der Waals surface area contributed by atoms with Crippen LogP contribution < -0.4 is 0 Å². The van der Waals surface area contributed by atoms with Gasteiger partial charge in [-0.2, -0.15) is 0 Å². The zero-order valence-electron chi connectivity index (χ0n) is 14.5. The Bertz CT molecular complexity index is 266. The summed E-state index contributed by atoms with van der Waals surface area (Å²) in [5.41, 5.74) is 0. The van der Waals surface area contributed by atoms with Crippen LogP contribution in [0, 0.1) is 0 Å². The number of hydrogen-bond acceptors (Lipinski definition) is 2. The van der Waals surface area contributed by atoms with E-state index in [-0.39, 0.29) is 5.97 Å². The molecule has 0 N–H and O–H groups in total. The molecule has 0 aliphatic rings. The number of hydrogen-bond donors (Lipinski definition) is 0. The van der Waals surface area contributed by atoms with Gasteiger partial charge in [0.05, 0.1) is 0 Å². The molecule has 0 aromatic heterocycles. The molecule has 3 heteroatoms. The Kier molecular flexibility index (Phi) is 9.72. The molecule has 0 amide bonds. The summed E-state index contributed by atoms with van der Waals surface area (Å²) in [6.07, 6.45) is 14.6. The van der Waals surface area contributed by atoms with Crippen molar-refractivity contribution in [3.05, 3.63) is 0 Å². The van der Waals surface area contributed by atoms with E-state index in [9.17, 15) is 4.79 Å². The maximum atomic E-state index is 11.2. The molecule has 0 saturated carbocycles. The van der Waals surface area contributed by atoms with Crippen LogP contribution in [0.2, 0.25) is 0 Å². The molecule has 0 aromatic carbocycles. The first-order valence-corrected chi connectivity index (χ1v) is 12.1. The molecule has 122 valence electrons. The molecule has 2 nitrogen and oxygen atoms in total. The molecule has 20 heavy (non-hydrogen) atoms. The van der Waals surface area contributed by atoms with Crippen molar-refractivity contribution >= 4 is 12.8 Å². The van der Waals surface area contributed by atoms with Crippen molar-refractivity contribution in [2.75, 3.05) is 26.2 Å². The van der Waals surface area contributed by atoms with E-state index in [2.05, 4.69) is 26.9 Å². The minimum atomic E-state index is -2.17. The van der Waals surface area contributed by atoms with E-state index in [0.717, 1.165) is 6.16 Å².